The van der Waals surface area contributed by atoms with E-state index in [1.165, 1.54) is 0 Å². The number of ether oxygens (including phenoxy) is 1. The van der Waals surface area contributed by atoms with E-state index in [4.69, 9.17) is 33.7 Å². The molecule has 4 nitrogen and oxygen atoms in total. The second-order valence-corrected chi connectivity index (χ2v) is 6.64. The molecule has 1 aliphatic heterocycles. The molecule has 1 aliphatic rings. The number of rotatable bonds is 3. The molecule has 116 valence electrons. The molecule has 2 rings (SSSR count). The Morgan fingerprint density at radius 2 is 2.19 bits per heavy atom. The molecular weight excluding hydrogens is 311 g/mol. The van der Waals surface area contributed by atoms with Gasteiger partial charge in [-0.25, -0.2) is 0 Å². The molecule has 1 saturated heterocycles. The van der Waals surface area contributed by atoms with Crippen molar-refractivity contribution in [3.63, 3.8) is 0 Å². The van der Waals surface area contributed by atoms with Gasteiger partial charge in [0.05, 0.1) is 24.7 Å². The minimum Gasteiger partial charge on any atom is -0.379 e. The minimum absolute atomic E-state index is 0.0361. The fraction of sp³-hybridized carbons (Fsp3) is 0.533. The van der Waals surface area contributed by atoms with E-state index in [2.05, 4.69) is 0 Å². The van der Waals surface area contributed by atoms with Crippen LogP contribution in [-0.2, 0) is 9.53 Å². The van der Waals surface area contributed by atoms with E-state index in [0.29, 0.717) is 23.3 Å². The maximum atomic E-state index is 12.8. The van der Waals surface area contributed by atoms with Gasteiger partial charge in [-0.15, -0.1) is 0 Å². The molecule has 2 N–H and O–H groups in total. The molecule has 1 aromatic rings. The topological polar surface area (TPSA) is 55.6 Å². The summed E-state index contributed by atoms with van der Waals surface area (Å²) >= 11 is 12.1. The summed E-state index contributed by atoms with van der Waals surface area (Å²) in [4.78, 5) is 14.4. The number of carbonyl (C=O) groups is 1. The van der Waals surface area contributed by atoms with Crippen molar-refractivity contribution in [3.8, 4) is 0 Å². The Balaban J connectivity index is 2.22. The van der Waals surface area contributed by atoms with Gasteiger partial charge in [0.25, 0.3) is 0 Å². The molecule has 1 aromatic carbocycles. The molecule has 3 atom stereocenters. The van der Waals surface area contributed by atoms with Crippen LogP contribution < -0.4 is 5.73 Å². The summed E-state index contributed by atoms with van der Waals surface area (Å²) in [7, 11) is 1.76. The predicted molar refractivity (Wildman–Crippen MR) is 84.5 cm³/mol. The predicted octanol–water partition coefficient (Wildman–Crippen LogP) is 2.88. The summed E-state index contributed by atoms with van der Waals surface area (Å²) in [5.41, 5.74) is 6.19. The van der Waals surface area contributed by atoms with Gasteiger partial charge in [0.15, 0.2) is 0 Å². The zero-order chi connectivity index (χ0) is 15.8. The number of nitrogens with two attached hydrogens (primary N) is 1. The smallest absolute Gasteiger partial charge is 0.232 e. The van der Waals surface area contributed by atoms with Gasteiger partial charge in [0.1, 0.15) is 0 Å². The van der Waals surface area contributed by atoms with Crippen molar-refractivity contribution < 1.29 is 9.53 Å². The van der Waals surface area contributed by atoms with Crippen LogP contribution in [0, 0.1) is 5.41 Å². The van der Waals surface area contributed by atoms with Crippen molar-refractivity contribution >= 4 is 29.1 Å². The van der Waals surface area contributed by atoms with Crippen molar-refractivity contribution in [2.75, 3.05) is 20.3 Å². The van der Waals surface area contributed by atoms with E-state index in [1.807, 2.05) is 19.9 Å². The Morgan fingerprint density at radius 1 is 1.52 bits per heavy atom. The van der Waals surface area contributed by atoms with Crippen LogP contribution in [0.15, 0.2) is 18.2 Å². The Morgan fingerprint density at radius 3 is 2.71 bits per heavy atom. The van der Waals surface area contributed by atoms with Crippen LogP contribution in [-0.4, -0.2) is 37.1 Å². The van der Waals surface area contributed by atoms with Crippen LogP contribution in [0.2, 0.25) is 10.0 Å². The van der Waals surface area contributed by atoms with E-state index < -0.39 is 5.41 Å². The van der Waals surface area contributed by atoms with Crippen LogP contribution in [0.5, 0.6) is 0 Å². The highest BCUT2D eigenvalue weighted by Crippen LogP contribution is 2.34. The quantitative estimate of drug-likeness (QED) is 0.927. The van der Waals surface area contributed by atoms with E-state index in [1.54, 1.807) is 24.1 Å². The van der Waals surface area contributed by atoms with Gasteiger partial charge in [-0.1, -0.05) is 29.3 Å². The second-order valence-electron chi connectivity index (χ2n) is 5.80. The summed E-state index contributed by atoms with van der Waals surface area (Å²) in [6.07, 6.45) is 0. The number of halogens is 2. The van der Waals surface area contributed by atoms with Crippen LogP contribution in [0.25, 0.3) is 0 Å². The highest BCUT2D eigenvalue weighted by molar-refractivity contribution is 6.35. The summed E-state index contributed by atoms with van der Waals surface area (Å²) in [5.74, 6) is -0.0361. The molecule has 1 amide bonds. The highest BCUT2D eigenvalue weighted by Gasteiger charge is 2.46. The van der Waals surface area contributed by atoms with Crippen molar-refractivity contribution in [1.82, 2.24) is 4.90 Å². The highest BCUT2D eigenvalue weighted by atomic mass is 35.5. The fourth-order valence-electron chi connectivity index (χ4n) is 2.54. The SMILES string of the molecule is CC(c1ccc(Cl)cc1Cl)N(C)C(=O)C1(C)COCC1N. The van der Waals surface area contributed by atoms with E-state index in [-0.39, 0.29) is 18.0 Å². The zero-order valence-corrected chi connectivity index (χ0v) is 13.9. The first-order valence-electron chi connectivity index (χ1n) is 6.83. The lowest BCUT2D eigenvalue weighted by Gasteiger charge is -2.34. The molecule has 3 unspecified atom stereocenters. The molecule has 0 saturated carbocycles. The molecule has 6 heteroatoms. The molecule has 1 heterocycles. The van der Waals surface area contributed by atoms with Gasteiger partial charge < -0.3 is 15.4 Å². The van der Waals surface area contributed by atoms with Gasteiger partial charge in [0.2, 0.25) is 5.91 Å². The lowest BCUT2D eigenvalue weighted by molar-refractivity contribution is -0.142. The minimum atomic E-state index is -0.693. The first-order valence-corrected chi connectivity index (χ1v) is 7.58. The van der Waals surface area contributed by atoms with E-state index >= 15 is 0 Å². The van der Waals surface area contributed by atoms with Crippen molar-refractivity contribution in [2.45, 2.75) is 25.9 Å². The number of amides is 1. The third kappa shape index (κ3) is 3.04. The van der Waals surface area contributed by atoms with Gasteiger partial charge >= 0.3 is 0 Å². The summed E-state index contributed by atoms with van der Waals surface area (Å²) in [6, 6.07) is 4.82. The zero-order valence-electron chi connectivity index (χ0n) is 12.4. The number of hydrogen-bond acceptors (Lipinski definition) is 3. The first kappa shape index (κ1) is 16.6. The lowest BCUT2D eigenvalue weighted by atomic mass is 9.83. The number of benzene rings is 1. The summed E-state index contributed by atoms with van der Waals surface area (Å²) in [5, 5.41) is 1.12. The van der Waals surface area contributed by atoms with Crippen molar-refractivity contribution in [1.29, 1.82) is 0 Å². The van der Waals surface area contributed by atoms with Crippen LogP contribution in [0.1, 0.15) is 25.5 Å². The normalized spacial score (nSPS) is 26.7. The Hall–Kier alpha value is -0.810. The third-order valence-corrected chi connectivity index (χ3v) is 4.88. The monoisotopic (exact) mass is 330 g/mol. The Bertz CT molecular complexity index is 552. The maximum absolute atomic E-state index is 12.8. The third-order valence-electron chi connectivity index (χ3n) is 4.32. The average Bonchev–Trinajstić information content (AvgIpc) is 2.77. The van der Waals surface area contributed by atoms with Crippen LogP contribution in [0.4, 0.5) is 0 Å². The number of hydrogen-bond donors (Lipinski definition) is 1. The number of carbonyl (C=O) groups excluding carboxylic acids is 1. The van der Waals surface area contributed by atoms with E-state index in [0.717, 1.165) is 5.56 Å². The van der Waals surface area contributed by atoms with Crippen LogP contribution in [0.3, 0.4) is 0 Å². The fourth-order valence-corrected chi connectivity index (χ4v) is 3.10. The second kappa shape index (κ2) is 6.13. The first-order chi connectivity index (χ1) is 9.77. The van der Waals surface area contributed by atoms with Crippen molar-refractivity contribution in [3.05, 3.63) is 33.8 Å². The molecule has 0 bridgehead atoms. The van der Waals surface area contributed by atoms with Gasteiger partial charge in [-0.3, -0.25) is 4.79 Å². The molecule has 0 aromatic heterocycles. The standard InChI is InChI=1S/C15H20Cl2N2O2/c1-9(11-5-4-10(16)6-12(11)17)19(3)14(20)15(2)8-21-7-13(15)18/h4-6,9,13H,7-8,18H2,1-3H3. The Labute approximate surface area is 135 Å². The molecule has 0 spiro atoms. The van der Waals surface area contributed by atoms with Gasteiger partial charge in [-0.2, -0.15) is 0 Å². The largest absolute Gasteiger partial charge is 0.379 e. The number of nitrogens with zero attached hydrogens (tertiary/aromatic N) is 1. The summed E-state index contributed by atoms with van der Waals surface area (Å²) in [6.45, 7) is 4.53. The molecule has 1 fully saturated rings. The average molecular weight is 331 g/mol. The van der Waals surface area contributed by atoms with Crippen molar-refractivity contribution in [2.24, 2.45) is 11.1 Å². The van der Waals surface area contributed by atoms with Gasteiger partial charge in [0, 0.05) is 23.1 Å². The van der Waals surface area contributed by atoms with Gasteiger partial charge in [-0.05, 0) is 31.5 Å². The lowest BCUT2D eigenvalue weighted by Crippen LogP contribution is -2.50. The summed E-state index contributed by atoms with van der Waals surface area (Å²) < 4.78 is 5.35. The Kier molecular flexibility index (Phi) is 4.83. The molecule has 21 heavy (non-hydrogen) atoms. The van der Waals surface area contributed by atoms with Crippen LogP contribution >= 0.6 is 23.2 Å². The molecular formula is C15H20Cl2N2O2. The maximum Gasteiger partial charge on any atom is 0.232 e. The van der Waals surface area contributed by atoms with E-state index in [9.17, 15) is 4.79 Å². The molecule has 0 aliphatic carbocycles. The molecule has 0 radical (unpaired) electrons.